The molecule has 14 rings (SSSR count). The average molecular weight is 800 g/mol. The maximum Gasteiger partial charge on any atom is 0.137 e. The van der Waals surface area contributed by atoms with Crippen molar-refractivity contribution in [2.75, 3.05) is 4.90 Å². The monoisotopic (exact) mass is 799 g/mol. The second-order valence-electron chi connectivity index (χ2n) is 17.1. The van der Waals surface area contributed by atoms with Crippen LogP contribution in [0.3, 0.4) is 0 Å². The Labute approximate surface area is 364 Å². The zero-order valence-electron chi connectivity index (χ0n) is 34.2. The highest BCUT2D eigenvalue weighted by Gasteiger charge is 2.49. The van der Waals surface area contributed by atoms with E-state index in [2.05, 4.69) is 223 Å². The van der Waals surface area contributed by atoms with Gasteiger partial charge >= 0.3 is 0 Å². The van der Waals surface area contributed by atoms with Crippen LogP contribution < -0.4 is 4.90 Å². The molecule has 0 saturated carbocycles. The van der Waals surface area contributed by atoms with Gasteiger partial charge in [-0.15, -0.1) is 0 Å². The number of hydrogen-bond donors (Lipinski definition) is 0. The normalized spacial score (nSPS) is 14.7. The predicted molar refractivity (Wildman–Crippen MR) is 263 cm³/mol. The zero-order valence-corrected chi connectivity index (χ0v) is 34.2. The van der Waals surface area contributed by atoms with Gasteiger partial charge in [-0.1, -0.05) is 182 Å². The molecule has 0 amide bonds. The van der Waals surface area contributed by atoms with Crippen LogP contribution >= 0.6 is 0 Å². The minimum absolute atomic E-state index is 0.618. The Balaban J connectivity index is 1.12. The topological polar surface area (TPSA) is 16.4 Å². The summed E-state index contributed by atoms with van der Waals surface area (Å²) in [7, 11) is 0. The Morgan fingerprint density at radius 2 is 0.921 bits per heavy atom. The molecule has 63 heavy (non-hydrogen) atoms. The van der Waals surface area contributed by atoms with Crippen molar-refractivity contribution in [3.05, 3.63) is 247 Å². The molecule has 0 fully saturated rings. The molecule has 0 saturated heterocycles. The number of rotatable bonds is 4. The number of benzene rings is 11. The quantitative estimate of drug-likeness (QED) is 0.176. The molecule has 11 aromatic carbocycles. The summed E-state index contributed by atoms with van der Waals surface area (Å²) in [5.74, 6) is 0. The Morgan fingerprint density at radius 3 is 1.84 bits per heavy atom. The summed E-state index contributed by atoms with van der Waals surface area (Å²) in [4.78, 5) is 2.46. The molecule has 2 heteroatoms. The fraction of sp³-hybridized carbons (Fsp3) is 0.0164. The average Bonchev–Trinajstić information content (AvgIpc) is 3.73. The summed E-state index contributed by atoms with van der Waals surface area (Å²) < 4.78 is 6.57. The van der Waals surface area contributed by atoms with E-state index in [9.17, 15) is 0 Å². The van der Waals surface area contributed by atoms with Crippen molar-refractivity contribution in [3.63, 3.8) is 0 Å². The van der Waals surface area contributed by atoms with Crippen molar-refractivity contribution in [2.24, 2.45) is 0 Å². The predicted octanol–water partition coefficient (Wildman–Crippen LogP) is 16.5. The van der Waals surface area contributed by atoms with Crippen LogP contribution in [0.1, 0.15) is 22.3 Å². The van der Waals surface area contributed by atoms with E-state index in [0.29, 0.717) is 0 Å². The van der Waals surface area contributed by atoms with E-state index < -0.39 is 5.41 Å². The first-order valence-corrected chi connectivity index (χ1v) is 21.8. The Bertz CT molecular complexity index is 3870. The fourth-order valence-electron chi connectivity index (χ4n) is 11.5. The SMILES string of the molecule is c1ccc(-c2ccc3c(c2)C2(c4ccccc4-c4cccc5cccc2c45)c2cccc4c(N(c5ccc6c(c5)oc5ccccc56)c5cccc6ccccc56)ccc-3c24)cc1. The van der Waals surface area contributed by atoms with Crippen LogP contribution in [0.4, 0.5) is 17.1 Å². The molecule has 0 aliphatic heterocycles. The third-order valence-corrected chi connectivity index (χ3v) is 14.0. The largest absolute Gasteiger partial charge is 0.456 e. The van der Waals surface area contributed by atoms with E-state index in [1.54, 1.807) is 0 Å². The highest BCUT2D eigenvalue weighted by atomic mass is 16.3. The molecule has 1 aromatic heterocycles. The molecule has 2 nitrogen and oxygen atoms in total. The number of furan rings is 1. The first-order chi connectivity index (χ1) is 31.3. The summed E-state index contributed by atoms with van der Waals surface area (Å²) in [6.07, 6.45) is 0. The third-order valence-electron chi connectivity index (χ3n) is 14.0. The molecule has 1 heterocycles. The van der Waals surface area contributed by atoms with Gasteiger partial charge in [0.1, 0.15) is 11.2 Å². The molecule has 0 radical (unpaired) electrons. The number of nitrogens with zero attached hydrogens (tertiary/aromatic N) is 1. The van der Waals surface area contributed by atoms with E-state index in [1.807, 2.05) is 6.07 Å². The molecule has 2 aliphatic rings. The van der Waals surface area contributed by atoms with Crippen molar-refractivity contribution in [2.45, 2.75) is 5.41 Å². The highest BCUT2D eigenvalue weighted by Crippen LogP contribution is 2.62. The van der Waals surface area contributed by atoms with E-state index in [4.69, 9.17) is 4.42 Å². The maximum atomic E-state index is 6.57. The second kappa shape index (κ2) is 12.9. The van der Waals surface area contributed by atoms with Gasteiger partial charge in [0.2, 0.25) is 0 Å². The summed E-state index contributed by atoms with van der Waals surface area (Å²) >= 11 is 0. The van der Waals surface area contributed by atoms with Gasteiger partial charge in [-0.05, 0) is 114 Å². The molecule has 1 atom stereocenters. The maximum absolute atomic E-state index is 6.57. The smallest absolute Gasteiger partial charge is 0.137 e. The molecule has 12 aromatic rings. The lowest BCUT2D eigenvalue weighted by Crippen LogP contribution is -2.36. The van der Waals surface area contributed by atoms with Crippen LogP contribution in [0.2, 0.25) is 0 Å². The summed E-state index contributed by atoms with van der Waals surface area (Å²) in [6, 6.07) is 83.2. The minimum Gasteiger partial charge on any atom is -0.456 e. The summed E-state index contributed by atoms with van der Waals surface area (Å²) in [6.45, 7) is 0. The Hall–Kier alpha value is -8.20. The van der Waals surface area contributed by atoms with Gasteiger partial charge in [0.25, 0.3) is 0 Å². The molecule has 1 spiro atoms. The number of fused-ring (bicyclic) bond motifs is 12. The van der Waals surface area contributed by atoms with Gasteiger partial charge in [-0.3, -0.25) is 0 Å². The van der Waals surface area contributed by atoms with Gasteiger partial charge in [0.15, 0.2) is 0 Å². The van der Waals surface area contributed by atoms with Gasteiger partial charge in [0, 0.05) is 33.3 Å². The van der Waals surface area contributed by atoms with E-state index >= 15 is 0 Å². The van der Waals surface area contributed by atoms with Crippen molar-refractivity contribution < 1.29 is 4.42 Å². The van der Waals surface area contributed by atoms with E-state index in [1.165, 1.54) is 88.0 Å². The van der Waals surface area contributed by atoms with Crippen LogP contribution in [0.25, 0.3) is 87.6 Å². The third kappa shape index (κ3) is 4.67. The molecular weight excluding hydrogens is 763 g/mol. The van der Waals surface area contributed by atoms with Crippen molar-refractivity contribution in [1.29, 1.82) is 0 Å². The summed E-state index contributed by atoms with van der Waals surface area (Å²) in [5.41, 5.74) is 17.2. The first-order valence-electron chi connectivity index (χ1n) is 21.8. The lowest BCUT2D eigenvalue weighted by molar-refractivity contribution is 0.669. The van der Waals surface area contributed by atoms with Gasteiger partial charge in [0.05, 0.1) is 16.8 Å². The Kier molecular flexibility index (Phi) is 7.07. The Morgan fingerprint density at radius 1 is 0.317 bits per heavy atom. The van der Waals surface area contributed by atoms with Crippen LogP contribution in [-0.2, 0) is 5.41 Å². The van der Waals surface area contributed by atoms with Gasteiger partial charge in [-0.2, -0.15) is 0 Å². The van der Waals surface area contributed by atoms with Gasteiger partial charge in [-0.25, -0.2) is 0 Å². The lowest BCUT2D eigenvalue weighted by atomic mass is 9.55. The van der Waals surface area contributed by atoms with Crippen LogP contribution in [0, 0.1) is 0 Å². The van der Waals surface area contributed by atoms with Crippen LogP contribution in [0.5, 0.6) is 0 Å². The standard InChI is InChI=1S/C61H37NO/c1-2-14-38(15-3-1)41-30-32-45-49-34-35-56(62(55-28-12-17-39-16-4-5-20-43(39)55)42-31-33-47-46-22-7-9-29-57(46)63-58(47)37-42)50-24-13-27-53(60(49)50)61(54(45)36-41)51-25-8-6-21-44(51)48-23-10-18-40-19-11-26-52(61)59(40)48/h1-37H. The van der Waals surface area contributed by atoms with Crippen molar-refractivity contribution in [3.8, 4) is 33.4 Å². The second-order valence-corrected chi connectivity index (χ2v) is 17.1. The lowest BCUT2D eigenvalue weighted by Gasteiger charge is -2.46. The molecule has 292 valence electrons. The minimum atomic E-state index is -0.618. The molecule has 2 aliphatic carbocycles. The first kappa shape index (κ1) is 34.5. The molecule has 0 N–H and O–H groups in total. The summed E-state index contributed by atoms with van der Waals surface area (Å²) in [5, 5.41) is 9.67. The molecular formula is C61H37NO. The van der Waals surface area contributed by atoms with Gasteiger partial charge < -0.3 is 9.32 Å². The van der Waals surface area contributed by atoms with E-state index in [0.717, 1.165) is 39.0 Å². The zero-order chi connectivity index (χ0) is 41.2. The van der Waals surface area contributed by atoms with Crippen molar-refractivity contribution >= 4 is 71.3 Å². The number of hydrogen-bond acceptors (Lipinski definition) is 2. The number of para-hydroxylation sites is 1. The highest BCUT2D eigenvalue weighted by molar-refractivity contribution is 6.16. The fourth-order valence-corrected chi connectivity index (χ4v) is 11.5. The number of anilines is 3. The van der Waals surface area contributed by atoms with E-state index in [-0.39, 0.29) is 0 Å². The van der Waals surface area contributed by atoms with Crippen LogP contribution in [0.15, 0.2) is 229 Å². The van der Waals surface area contributed by atoms with Crippen molar-refractivity contribution in [1.82, 2.24) is 0 Å². The molecule has 0 bridgehead atoms. The molecule has 1 unspecified atom stereocenters. The van der Waals surface area contributed by atoms with Crippen LogP contribution in [-0.4, -0.2) is 0 Å².